The standard InChI is InChI=1S/C25H27ClN2O5/c1-16-24(25(30)33-15-18-6-3-4-8-21(18)31-2)20(17-9-10-22(26)27-13-17)12-23(29)28(16)14-19-7-5-11-32-19/h3-4,6,8-10,13,19-20H,5,7,11-12,14-15H2,1-2H3/t19-,20?/m0/s1. The molecular formula is C25H27ClN2O5. The van der Waals surface area contributed by atoms with E-state index in [1.54, 1.807) is 37.3 Å². The van der Waals surface area contributed by atoms with E-state index in [1.165, 1.54) is 0 Å². The Morgan fingerprint density at radius 3 is 2.79 bits per heavy atom. The average molecular weight is 471 g/mol. The number of amides is 1. The van der Waals surface area contributed by atoms with Gasteiger partial charge in [0.25, 0.3) is 0 Å². The van der Waals surface area contributed by atoms with Gasteiger partial charge in [0.05, 0.1) is 25.3 Å². The van der Waals surface area contributed by atoms with Crippen molar-refractivity contribution < 1.29 is 23.8 Å². The second kappa shape index (κ2) is 10.4. The van der Waals surface area contributed by atoms with Crippen molar-refractivity contribution in [3.8, 4) is 5.75 Å². The fourth-order valence-corrected chi connectivity index (χ4v) is 4.53. The number of benzene rings is 1. The highest BCUT2D eigenvalue weighted by atomic mass is 35.5. The molecule has 0 aliphatic carbocycles. The largest absolute Gasteiger partial charge is 0.496 e. The van der Waals surface area contributed by atoms with E-state index < -0.39 is 11.9 Å². The van der Waals surface area contributed by atoms with E-state index in [0.29, 0.717) is 35.3 Å². The number of allylic oxidation sites excluding steroid dienone is 1. The molecule has 7 nitrogen and oxygen atoms in total. The number of nitrogens with zero attached hydrogens (tertiary/aromatic N) is 2. The van der Waals surface area contributed by atoms with Crippen LogP contribution in [0.2, 0.25) is 5.15 Å². The molecule has 2 aliphatic heterocycles. The molecule has 2 atom stereocenters. The Labute approximate surface area is 198 Å². The van der Waals surface area contributed by atoms with E-state index in [2.05, 4.69) is 4.98 Å². The van der Waals surface area contributed by atoms with Crippen molar-refractivity contribution in [1.82, 2.24) is 9.88 Å². The number of ether oxygens (including phenoxy) is 3. The van der Waals surface area contributed by atoms with Gasteiger partial charge in [-0.1, -0.05) is 35.9 Å². The third-order valence-electron chi connectivity index (χ3n) is 6.16. The van der Waals surface area contributed by atoms with E-state index >= 15 is 0 Å². The highest BCUT2D eigenvalue weighted by molar-refractivity contribution is 6.29. The predicted octanol–water partition coefficient (Wildman–Crippen LogP) is 4.26. The summed E-state index contributed by atoms with van der Waals surface area (Å²) in [5.74, 6) is -0.339. The maximum absolute atomic E-state index is 13.4. The van der Waals surface area contributed by atoms with Gasteiger partial charge in [-0.05, 0) is 37.5 Å². The van der Waals surface area contributed by atoms with Crippen molar-refractivity contribution in [3.63, 3.8) is 0 Å². The number of aromatic nitrogens is 1. The van der Waals surface area contributed by atoms with Gasteiger partial charge < -0.3 is 19.1 Å². The van der Waals surface area contributed by atoms with Crippen LogP contribution in [0.15, 0.2) is 53.9 Å². The van der Waals surface area contributed by atoms with Crippen LogP contribution < -0.4 is 4.74 Å². The minimum Gasteiger partial charge on any atom is -0.496 e. The number of carbonyl (C=O) groups is 2. The first kappa shape index (κ1) is 23.3. The molecule has 0 bridgehead atoms. The lowest BCUT2D eigenvalue weighted by Gasteiger charge is -2.35. The number of methoxy groups -OCH3 is 1. The molecule has 0 radical (unpaired) electrons. The molecule has 0 N–H and O–H groups in total. The Kier molecular flexibility index (Phi) is 7.30. The smallest absolute Gasteiger partial charge is 0.336 e. The van der Waals surface area contributed by atoms with E-state index in [4.69, 9.17) is 25.8 Å². The van der Waals surface area contributed by atoms with Gasteiger partial charge in [-0.25, -0.2) is 9.78 Å². The number of para-hydroxylation sites is 1. The third-order valence-corrected chi connectivity index (χ3v) is 6.38. The minimum absolute atomic E-state index is 0.0245. The molecule has 0 saturated carbocycles. The summed E-state index contributed by atoms with van der Waals surface area (Å²) >= 11 is 5.96. The van der Waals surface area contributed by atoms with Gasteiger partial charge in [-0.3, -0.25) is 4.79 Å². The second-order valence-electron chi connectivity index (χ2n) is 8.20. The molecule has 2 aliphatic rings. The van der Waals surface area contributed by atoms with E-state index in [1.807, 2.05) is 24.3 Å². The average Bonchev–Trinajstić information content (AvgIpc) is 3.34. The SMILES string of the molecule is COc1ccccc1COC(=O)C1=C(C)N(C[C@@H]2CCCO2)C(=O)CC1c1ccc(Cl)nc1. The summed E-state index contributed by atoms with van der Waals surface area (Å²) < 4.78 is 16.8. The monoisotopic (exact) mass is 470 g/mol. The summed E-state index contributed by atoms with van der Waals surface area (Å²) in [6, 6.07) is 10.8. The molecular weight excluding hydrogens is 444 g/mol. The number of hydrogen-bond acceptors (Lipinski definition) is 6. The van der Waals surface area contributed by atoms with Crippen LogP contribution in [0.4, 0.5) is 0 Å². The Hall–Kier alpha value is -2.90. The number of carbonyl (C=O) groups excluding carboxylic acids is 2. The van der Waals surface area contributed by atoms with Crippen LogP contribution in [0.25, 0.3) is 0 Å². The molecule has 2 aromatic rings. The highest BCUT2D eigenvalue weighted by Gasteiger charge is 2.38. The van der Waals surface area contributed by atoms with Crippen LogP contribution in [0.5, 0.6) is 5.75 Å². The quantitative estimate of drug-likeness (QED) is 0.444. The van der Waals surface area contributed by atoms with E-state index in [0.717, 1.165) is 24.0 Å². The van der Waals surface area contributed by atoms with Crippen molar-refractivity contribution in [2.75, 3.05) is 20.3 Å². The van der Waals surface area contributed by atoms with Crippen molar-refractivity contribution in [1.29, 1.82) is 0 Å². The van der Waals surface area contributed by atoms with Crippen LogP contribution in [0.1, 0.15) is 43.2 Å². The van der Waals surface area contributed by atoms with Gasteiger partial charge in [0.2, 0.25) is 5.91 Å². The zero-order valence-electron chi connectivity index (χ0n) is 18.8. The number of esters is 1. The first-order valence-corrected chi connectivity index (χ1v) is 11.4. The molecule has 174 valence electrons. The van der Waals surface area contributed by atoms with Crippen LogP contribution >= 0.6 is 11.6 Å². The molecule has 1 fully saturated rings. The first-order valence-electron chi connectivity index (χ1n) is 11.0. The van der Waals surface area contributed by atoms with Crippen LogP contribution in [0, 0.1) is 0 Å². The van der Waals surface area contributed by atoms with Gasteiger partial charge in [0, 0.05) is 36.4 Å². The van der Waals surface area contributed by atoms with Crippen molar-refractivity contribution >= 4 is 23.5 Å². The molecule has 1 amide bonds. The predicted molar refractivity (Wildman–Crippen MR) is 123 cm³/mol. The first-order chi connectivity index (χ1) is 16.0. The van der Waals surface area contributed by atoms with Gasteiger partial charge >= 0.3 is 5.97 Å². The fraction of sp³-hybridized carbons (Fsp3) is 0.400. The van der Waals surface area contributed by atoms with Gasteiger partial charge in [-0.15, -0.1) is 0 Å². The van der Waals surface area contributed by atoms with E-state index in [-0.39, 0.29) is 25.0 Å². The molecule has 1 aromatic carbocycles. The summed E-state index contributed by atoms with van der Waals surface area (Å²) in [4.78, 5) is 32.3. The zero-order chi connectivity index (χ0) is 23.4. The molecule has 1 aromatic heterocycles. The molecule has 8 heteroatoms. The lowest BCUT2D eigenvalue weighted by Crippen LogP contribution is -2.42. The van der Waals surface area contributed by atoms with Crippen molar-refractivity contribution in [2.24, 2.45) is 0 Å². The Morgan fingerprint density at radius 1 is 1.27 bits per heavy atom. The summed E-state index contributed by atoms with van der Waals surface area (Å²) in [6.45, 7) is 2.98. The molecule has 0 spiro atoms. The summed E-state index contributed by atoms with van der Waals surface area (Å²) in [6.07, 6.45) is 3.60. The Bertz CT molecular complexity index is 1050. The number of halogens is 1. The van der Waals surface area contributed by atoms with Crippen molar-refractivity contribution in [2.45, 2.75) is 44.8 Å². The van der Waals surface area contributed by atoms with Gasteiger partial charge in [0.15, 0.2) is 0 Å². The molecule has 3 heterocycles. The molecule has 1 unspecified atom stereocenters. The molecule has 33 heavy (non-hydrogen) atoms. The van der Waals surface area contributed by atoms with Gasteiger partial charge in [0.1, 0.15) is 17.5 Å². The molecule has 1 saturated heterocycles. The van der Waals surface area contributed by atoms with Crippen LogP contribution in [-0.4, -0.2) is 48.1 Å². The minimum atomic E-state index is -0.469. The van der Waals surface area contributed by atoms with Crippen LogP contribution in [0.3, 0.4) is 0 Å². The maximum atomic E-state index is 13.4. The molecule has 4 rings (SSSR count). The number of rotatable bonds is 7. The maximum Gasteiger partial charge on any atom is 0.336 e. The second-order valence-corrected chi connectivity index (χ2v) is 8.58. The summed E-state index contributed by atoms with van der Waals surface area (Å²) in [5, 5.41) is 0.349. The topological polar surface area (TPSA) is 78.0 Å². The Balaban J connectivity index is 1.64. The summed E-state index contributed by atoms with van der Waals surface area (Å²) in [7, 11) is 1.58. The normalized spacial score (nSPS) is 20.8. The van der Waals surface area contributed by atoms with Crippen LogP contribution in [-0.2, 0) is 25.7 Å². The third kappa shape index (κ3) is 5.20. The summed E-state index contributed by atoms with van der Waals surface area (Å²) in [5.41, 5.74) is 2.55. The lowest BCUT2D eigenvalue weighted by molar-refractivity contribution is -0.141. The highest BCUT2D eigenvalue weighted by Crippen LogP contribution is 2.38. The van der Waals surface area contributed by atoms with Crippen molar-refractivity contribution in [3.05, 3.63) is 70.1 Å². The lowest BCUT2D eigenvalue weighted by atomic mass is 9.84. The Morgan fingerprint density at radius 2 is 2.09 bits per heavy atom. The number of pyridine rings is 1. The van der Waals surface area contributed by atoms with Gasteiger partial charge in [-0.2, -0.15) is 0 Å². The van der Waals surface area contributed by atoms with E-state index in [9.17, 15) is 9.59 Å². The number of hydrogen-bond donors (Lipinski definition) is 0. The fourth-order valence-electron chi connectivity index (χ4n) is 4.41. The zero-order valence-corrected chi connectivity index (χ0v) is 19.5.